The normalized spacial score (nSPS) is 11.7. The van der Waals surface area contributed by atoms with E-state index in [1.807, 2.05) is 64.1 Å². The van der Waals surface area contributed by atoms with E-state index >= 15 is 0 Å². The maximum atomic E-state index is 12.9. The molecule has 0 aliphatic rings. The molecular weight excluding hydrogens is 420 g/mol. The molecule has 0 atom stereocenters. The van der Waals surface area contributed by atoms with E-state index < -0.39 is 30.0 Å². The Hall–Kier alpha value is -1.91. The zero-order valence-corrected chi connectivity index (χ0v) is 21.3. The van der Waals surface area contributed by atoms with Gasteiger partial charge in [0.15, 0.2) is 0 Å². The molecule has 5 heteroatoms. The summed E-state index contributed by atoms with van der Waals surface area (Å²) in [5.41, 5.74) is 0.949. The molecule has 2 N–H and O–H groups in total. The molecule has 4 nitrogen and oxygen atoms in total. The second-order valence-electron chi connectivity index (χ2n) is 9.39. The van der Waals surface area contributed by atoms with Crippen LogP contribution in [0.15, 0.2) is 48.5 Å². The second kappa shape index (κ2) is 11.1. The van der Waals surface area contributed by atoms with Crippen molar-refractivity contribution in [2.75, 3.05) is 10.6 Å². The van der Waals surface area contributed by atoms with Crippen LogP contribution in [0.1, 0.15) is 67.2 Å². The summed E-state index contributed by atoms with van der Waals surface area (Å²) in [5.74, 6) is 0.104. The predicted molar refractivity (Wildman–Crippen MR) is 127 cm³/mol. The Morgan fingerprint density at radius 2 is 1.06 bits per heavy atom. The van der Waals surface area contributed by atoms with E-state index in [0.717, 1.165) is 44.8 Å². The molecule has 0 radical (unpaired) electrons. The number of hydrogen-bond acceptors (Lipinski definition) is 2. The molecule has 0 heterocycles. The Morgan fingerprint density at radius 1 is 0.710 bits per heavy atom. The third kappa shape index (κ3) is 7.05. The van der Waals surface area contributed by atoms with Crippen molar-refractivity contribution in [2.24, 2.45) is 10.8 Å². The zero-order valence-electron chi connectivity index (χ0n) is 19.8. The van der Waals surface area contributed by atoms with Gasteiger partial charge in [0.2, 0.25) is 0 Å². The van der Waals surface area contributed by atoms with E-state index in [1.54, 1.807) is 0 Å². The number of amides is 2. The summed E-state index contributed by atoms with van der Waals surface area (Å²) in [6, 6.07) is 16.1. The van der Waals surface area contributed by atoms with Gasteiger partial charge in [0.1, 0.15) is 0 Å². The number of benzene rings is 2. The van der Waals surface area contributed by atoms with Crippen LogP contribution in [0.25, 0.3) is 0 Å². The fourth-order valence-electron chi connectivity index (χ4n) is 3.61. The number of anilines is 2. The Balaban J connectivity index is 2.25. The third-order valence-electron chi connectivity index (χ3n) is 5.60. The minimum absolute atomic E-state index is 0.0521. The van der Waals surface area contributed by atoms with E-state index in [2.05, 4.69) is 36.6 Å². The topological polar surface area (TPSA) is 58.2 Å². The number of rotatable bonds is 10. The number of carbonyl (C=O) groups is 2. The SMILES string of the molecule is CCCC(C)(C)C(=O)Nc1cccc[c]1[Ti][c]1ccccc1NC(=O)C(C)(C)CCC. The molecule has 0 saturated carbocycles. The van der Waals surface area contributed by atoms with Crippen molar-refractivity contribution in [1.82, 2.24) is 0 Å². The number of para-hydroxylation sites is 2. The average Bonchev–Trinajstić information content (AvgIpc) is 2.70. The van der Waals surface area contributed by atoms with Crippen LogP contribution in [0, 0.1) is 10.8 Å². The van der Waals surface area contributed by atoms with E-state index in [4.69, 9.17) is 0 Å². The van der Waals surface area contributed by atoms with Crippen molar-refractivity contribution in [1.29, 1.82) is 0 Å². The first kappa shape index (κ1) is 25.4. The fourth-order valence-corrected chi connectivity index (χ4v) is 5.50. The molecule has 0 bridgehead atoms. The van der Waals surface area contributed by atoms with Crippen molar-refractivity contribution in [3.05, 3.63) is 48.5 Å². The molecule has 2 amide bonds. The zero-order chi connectivity index (χ0) is 23.1. The van der Waals surface area contributed by atoms with Gasteiger partial charge < -0.3 is 0 Å². The van der Waals surface area contributed by atoms with Gasteiger partial charge in [-0.3, -0.25) is 0 Å². The quantitative estimate of drug-likeness (QED) is 0.480. The van der Waals surface area contributed by atoms with Crippen molar-refractivity contribution >= 4 is 30.9 Å². The monoisotopic (exact) mass is 456 g/mol. The summed E-state index contributed by atoms with van der Waals surface area (Å²) in [6.07, 6.45) is 3.63. The van der Waals surface area contributed by atoms with Gasteiger partial charge in [0, 0.05) is 0 Å². The van der Waals surface area contributed by atoms with Gasteiger partial charge in [0.05, 0.1) is 0 Å². The van der Waals surface area contributed by atoms with Crippen LogP contribution in [0.2, 0.25) is 0 Å². The standard InChI is InChI=1S/2C13H18NO.Ti/c2*1-4-10-13(2,3)12(15)14-11-8-6-5-7-9-11;/h2*5-8H,4,10H2,1-3H3,(H,14,15);. The van der Waals surface area contributed by atoms with Gasteiger partial charge in [-0.25, -0.2) is 0 Å². The Kier molecular flexibility index (Phi) is 9.08. The molecule has 2 aromatic rings. The van der Waals surface area contributed by atoms with E-state index in [0.29, 0.717) is 0 Å². The number of nitrogens with one attached hydrogen (secondary N) is 2. The summed E-state index contributed by atoms with van der Waals surface area (Å²) < 4.78 is 2.30. The van der Waals surface area contributed by atoms with Crippen LogP contribution < -0.4 is 18.4 Å². The molecule has 2 rings (SSSR count). The molecule has 0 unspecified atom stereocenters. The van der Waals surface area contributed by atoms with Gasteiger partial charge in [-0.15, -0.1) is 0 Å². The van der Waals surface area contributed by atoms with Crippen LogP contribution in [0.4, 0.5) is 11.4 Å². The number of carbonyl (C=O) groups excluding carboxylic acids is 2. The fraction of sp³-hybridized carbons (Fsp3) is 0.462. The first-order valence-electron chi connectivity index (χ1n) is 11.2. The van der Waals surface area contributed by atoms with Crippen LogP contribution in [-0.2, 0) is 28.7 Å². The van der Waals surface area contributed by atoms with Gasteiger partial charge in [0.25, 0.3) is 0 Å². The molecule has 0 aromatic heterocycles. The first-order chi connectivity index (χ1) is 14.6. The minimum atomic E-state index is -0.764. The molecule has 0 saturated heterocycles. The van der Waals surface area contributed by atoms with E-state index in [-0.39, 0.29) is 11.8 Å². The molecule has 31 heavy (non-hydrogen) atoms. The Bertz CT molecular complexity index is 832. The van der Waals surface area contributed by atoms with Crippen LogP contribution in [0.3, 0.4) is 0 Å². The number of hydrogen-bond donors (Lipinski definition) is 2. The van der Waals surface area contributed by atoms with E-state index in [1.165, 1.54) is 0 Å². The van der Waals surface area contributed by atoms with Crippen molar-refractivity contribution in [3.63, 3.8) is 0 Å². The van der Waals surface area contributed by atoms with Crippen LogP contribution in [0.5, 0.6) is 0 Å². The van der Waals surface area contributed by atoms with Gasteiger partial charge in [-0.05, 0) is 0 Å². The van der Waals surface area contributed by atoms with Gasteiger partial charge in [-0.1, -0.05) is 0 Å². The molecule has 166 valence electrons. The molecule has 0 fully saturated rings. The average molecular weight is 456 g/mol. The molecular formula is C26H36N2O2Ti. The van der Waals surface area contributed by atoms with E-state index in [9.17, 15) is 9.59 Å². The molecule has 2 aromatic carbocycles. The summed E-state index contributed by atoms with van der Waals surface area (Å²) in [7, 11) is 0. The Labute approximate surface area is 196 Å². The molecule has 0 aliphatic heterocycles. The van der Waals surface area contributed by atoms with Crippen LogP contribution >= 0.6 is 0 Å². The summed E-state index contributed by atoms with van der Waals surface area (Å²) in [5, 5.41) is 6.32. The van der Waals surface area contributed by atoms with Gasteiger partial charge >= 0.3 is 197 Å². The predicted octanol–water partition coefficient (Wildman–Crippen LogP) is 5.25. The Morgan fingerprint density at radius 3 is 1.42 bits per heavy atom. The van der Waals surface area contributed by atoms with Crippen molar-refractivity contribution in [3.8, 4) is 0 Å². The van der Waals surface area contributed by atoms with Crippen LogP contribution in [-0.4, -0.2) is 11.8 Å². The molecule has 0 aliphatic carbocycles. The third-order valence-corrected chi connectivity index (χ3v) is 7.80. The van der Waals surface area contributed by atoms with Crippen molar-refractivity contribution < 1.29 is 28.7 Å². The summed E-state index contributed by atoms with van der Waals surface area (Å²) in [4.78, 5) is 25.7. The van der Waals surface area contributed by atoms with Gasteiger partial charge in [-0.2, -0.15) is 0 Å². The van der Waals surface area contributed by atoms with Crippen molar-refractivity contribution in [2.45, 2.75) is 67.2 Å². The second-order valence-corrected chi connectivity index (χ2v) is 11.5. The first-order valence-corrected chi connectivity index (χ1v) is 12.7. The molecule has 0 spiro atoms. The summed E-state index contributed by atoms with van der Waals surface area (Å²) in [6.45, 7) is 12.2. The maximum absolute atomic E-state index is 12.9. The summed E-state index contributed by atoms with van der Waals surface area (Å²) >= 11 is -0.764.